The van der Waals surface area contributed by atoms with Gasteiger partial charge in [-0.1, -0.05) is 18.2 Å². The molecule has 0 aliphatic carbocycles. The molecule has 0 unspecified atom stereocenters. The number of nitrogens with zero attached hydrogens (tertiary/aromatic N) is 2. The van der Waals surface area contributed by atoms with Crippen molar-refractivity contribution < 1.29 is 0 Å². The van der Waals surface area contributed by atoms with Gasteiger partial charge >= 0.3 is 0 Å². The van der Waals surface area contributed by atoms with Gasteiger partial charge in [-0.3, -0.25) is 5.41 Å². The highest BCUT2D eigenvalue weighted by Crippen LogP contribution is 2.16. The smallest absolute Gasteiger partial charge is 0.126 e. The Bertz CT molecular complexity index is 540. The Morgan fingerprint density at radius 1 is 1.31 bits per heavy atom. The second kappa shape index (κ2) is 3.81. The molecule has 0 aliphatic rings. The van der Waals surface area contributed by atoms with Gasteiger partial charge in [0.2, 0.25) is 0 Å². The Balaban J connectivity index is 2.58. The topological polar surface area (TPSA) is 67.7 Å². The first-order valence-electron chi connectivity index (χ1n) is 5.06. The number of hydrogen-bond donors (Lipinski definition) is 2. The van der Waals surface area contributed by atoms with E-state index in [-0.39, 0.29) is 5.84 Å². The van der Waals surface area contributed by atoms with Crippen molar-refractivity contribution in [3.63, 3.8) is 0 Å². The van der Waals surface area contributed by atoms with Crippen molar-refractivity contribution in [3.05, 3.63) is 47.3 Å². The molecule has 0 aliphatic heterocycles. The van der Waals surface area contributed by atoms with Crippen LogP contribution in [-0.2, 0) is 0 Å². The molecule has 1 aromatic carbocycles. The van der Waals surface area contributed by atoms with Crippen LogP contribution >= 0.6 is 0 Å². The molecule has 4 heteroatoms. The van der Waals surface area contributed by atoms with Crippen molar-refractivity contribution in [3.8, 4) is 5.69 Å². The van der Waals surface area contributed by atoms with Crippen LogP contribution in [0.25, 0.3) is 5.69 Å². The highest BCUT2D eigenvalue weighted by molar-refractivity contribution is 5.95. The number of nitrogens with two attached hydrogens (primary N) is 1. The Labute approximate surface area is 94.2 Å². The fourth-order valence-corrected chi connectivity index (χ4v) is 1.72. The van der Waals surface area contributed by atoms with Crippen molar-refractivity contribution in [2.45, 2.75) is 13.8 Å². The normalized spacial score (nSPS) is 10.4. The summed E-state index contributed by atoms with van der Waals surface area (Å²) >= 11 is 0. The molecule has 0 amide bonds. The van der Waals surface area contributed by atoms with Gasteiger partial charge in [0.1, 0.15) is 5.84 Å². The number of aromatic nitrogens is 2. The lowest BCUT2D eigenvalue weighted by molar-refractivity contribution is 0.840. The summed E-state index contributed by atoms with van der Waals surface area (Å²) < 4.78 is 1.81. The third-order valence-electron chi connectivity index (χ3n) is 2.64. The predicted octanol–water partition coefficient (Wildman–Crippen LogP) is 1.77. The van der Waals surface area contributed by atoms with Crippen molar-refractivity contribution in [1.82, 2.24) is 9.78 Å². The molecule has 0 fully saturated rings. The SMILES string of the molecule is Cc1ccccc1-n1ncc(C(=N)N)c1C. The first-order valence-corrected chi connectivity index (χ1v) is 5.06. The molecule has 1 aromatic heterocycles. The number of para-hydroxylation sites is 1. The number of amidine groups is 1. The zero-order valence-electron chi connectivity index (χ0n) is 9.36. The molecule has 2 aromatic rings. The van der Waals surface area contributed by atoms with E-state index >= 15 is 0 Å². The van der Waals surface area contributed by atoms with Gasteiger partial charge in [-0.15, -0.1) is 0 Å². The Morgan fingerprint density at radius 2 is 2.00 bits per heavy atom. The fraction of sp³-hybridized carbons (Fsp3) is 0.167. The summed E-state index contributed by atoms with van der Waals surface area (Å²) in [4.78, 5) is 0. The molecule has 0 spiro atoms. The number of benzene rings is 1. The van der Waals surface area contributed by atoms with Crippen LogP contribution in [0.15, 0.2) is 30.5 Å². The van der Waals surface area contributed by atoms with Gasteiger partial charge in [0.25, 0.3) is 0 Å². The minimum Gasteiger partial charge on any atom is -0.384 e. The van der Waals surface area contributed by atoms with Gasteiger partial charge in [-0.25, -0.2) is 4.68 Å². The average molecular weight is 214 g/mol. The molecular formula is C12H14N4. The van der Waals surface area contributed by atoms with E-state index in [1.165, 1.54) is 0 Å². The van der Waals surface area contributed by atoms with Gasteiger partial charge in [0, 0.05) is 0 Å². The minimum atomic E-state index is 0.0531. The molecule has 1 heterocycles. The first-order chi connectivity index (χ1) is 7.61. The van der Waals surface area contributed by atoms with Crippen LogP contribution in [0.4, 0.5) is 0 Å². The van der Waals surface area contributed by atoms with Crippen LogP contribution < -0.4 is 5.73 Å². The summed E-state index contributed by atoms with van der Waals surface area (Å²) in [5, 5.41) is 11.7. The number of rotatable bonds is 2. The van der Waals surface area contributed by atoms with E-state index in [9.17, 15) is 0 Å². The molecule has 82 valence electrons. The summed E-state index contributed by atoms with van der Waals surface area (Å²) in [5.41, 5.74) is 9.21. The van der Waals surface area contributed by atoms with E-state index in [1.807, 2.05) is 42.8 Å². The van der Waals surface area contributed by atoms with Gasteiger partial charge in [0.05, 0.1) is 23.1 Å². The maximum absolute atomic E-state index is 7.43. The zero-order valence-corrected chi connectivity index (χ0v) is 9.36. The summed E-state index contributed by atoms with van der Waals surface area (Å²) in [5.74, 6) is 0.0531. The Morgan fingerprint density at radius 3 is 2.56 bits per heavy atom. The quantitative estimate of drug-likeness (QED) is 0.591. The van der Waals surface area contributed by atoms with Crippen LogP contribution in [0.3, 0.4) is 0 Å². The third kappa shape index (κ3) is 1.58. The Hall–Kier alpha value is -2.10. The molecule has 16 heavy (non-hydrogen) atoms. The molecule has 2 rings (SSSR count). The summed E-state index contributed by atoms with van der Waals surface area (Å²) in [6, 6.07) is 7.99. The first kappa shape index (κ1) is 10.4. The van der Waals surface area contributed by atoms with E-state index in [4.69, 9.17) is 11.1 Å². The van der Waals surface area contributed by atoms with E-state index in [1.54, 1.807) is 6.20 Å². The summed E-state index contributed by atoms with van der Waals surface area (Å²) in [6.07, 6.45) is 1.63. The third-order valence-corrected chi connectivity index (χ3v) is 2.64. The van der Waals surface area contributed by atoms with E-state index < -0.39 is 0 Å². The number of aryl methyl sites for hydroxylation is 1. The second-order valence-corrected chi connectivity index (χ2v) is 3.76. The summed E-state index contributed by atoms with van der Waals surface area (Å²) in [7, 11) is 0. The largest absolute Gasteiger partial charge is 0.384 e. The van der Waals surface area contributed by atoms with Gasteiger partial charge in [0.15, 0.2) is 0 Å². The maximum atomic E-state index is 7.43. The molecule has 0 radical (unpaired) electrons. The van der Waals surface area contributed by atoms with Crippen molar-refractivity contribution in [1.29, 1.82) is 5.41 Å². The van der Waals surface area contributed by atoms with Crippen LogP contribution in [0.1, 0.15) is 16.8 Å². The van der Waals surface area contributed by atoms with E-state index in [0.717, 1.165) is 16.9 Å². The molecule has 0 atom stereocenters. The highest BCUT2D eigenvalue weighted by Gasteiger charge is 2.10. The molecule has 3 N–H and O–H groups in total. The lowest BCUT2D eigenvalue weighted by Gasteiger charge is -2.08. The van der Waals surface area contributed by atoms with Gasteiger partial charge in [-0.05, 0) is 25.5 Å². The van der Waals surface area contributed by atoms with Crippen LogP contribution in [-0.4, -0.2) is 15.6 Å². The molecule has 0 bridgehead atoms. The lowest BCUT2D eigenvalue weighted by Crippen LogP contribution is -2.12. The molecular weight excluding hydrogens is 200 g/mol. The van der Waals surface area contributed by atoms with Crippen molar-refractivity contribution >= 4 is 5.84 Å². The fourth-order valence-electron chi connectivity index (χ4n) is 1.72. The standard InChI is InChI=1S/C12H14N4/c1-8-5-3-4-6-11(8)16-9(2)10(7-15-16)12(13)14/h3-7H,1-2H3,(H3,13,14). The van der Waals surface area contributed by atoms with E-state index in [2.05, 4.69) is 5.10 Å². The van der Waals surface area contributed by atoms with Crippen LogP contribution in [0.2, 0.25) is 0 Å². The maximum Gasteiger partial charge on any atom is 0.126 e. The number of nitrogens with one attached hydrogen (secondary N) is 1. The van der Waals surface area contributed by atoms with Crippen molar-refractivity contribution in [2.75, 3.05) is 0 Å². The molecule has 0 saturated heterocycles. The Kier molecular flexibility index (Phi) is 2.48. The van der Waals surface area contributed by atoms with Gasteiger partial charge < -0.3 is 5.73 Å². The summed E-state index contributed by atoms with van der Waals surface area (Å²) in [6.45, 7) is 3.94. The second-order valence-electron chi connectivity index (χ2n) is 3.76. The monoisotopic (exact) mass is 214 g/mol. The van der Waals surface area contributed by atoms with Crippen LogP contribution in [0.5, 0.6) is 0 Å². The molecule has 0 saturated carbocycles. The minimum absolute atomic E-state index is 0.0531. The zero-order chi connectivity index (χ0) is 11.7. The van der Waals surface area contributed by atoms with Crippen molar-refractivity contribution in [2.24, 2.45) is 5.73 Å². The lowest BCUT2D eigenvalue weighted by atomic mass is 10.2. The van der Waals surface area contributed by atoms with E-state index in [0.29, 0.717) is 5.56 Å². The van der Waals surface area contributed by atoms with Gasteiger partial charge in [-0.2, -0.15) is 5.10 Å². The molecule has 4 nitrogen and oxygen atoms in total. The average Bonchev–Trinajstić information content (AvgIpc) is 2.61. The number of hydrogen-bond acceptors (Lipinski definition) is 2. The van der Waals surface area contributed by atoms with Crippen LogP contribution in [0, 0.1) is 19.3 Å². The predicted molar refractivity (Wildman–Crippen MR) is 64.1 cm³/mol. The number of nitrogen functional groups attached to an aromatic ring is 1. The highest BCUT2D eigenvalue weighted by atomic mass is 15.3.